The Labute approximate surface area is 120 Å². The third kappa shape index (κ3) is 2.71. The van der Waals surface area contributed by atoms with Gasteiger partial charge in [-0.1, -0.05) is 19.3 Å². The Bertz CT molecular complexity index is 407. The molecule has 3 nitrogen and oxygen atoms in total. The molecule has 1 aliphatic carbocycles. The first-order chi connectivity index (χ1) is 9.20. The molecule has 2 heterocycles. The summed E-state index contributed by atoms with van der Waals surface area (Å²) in [6.07, 6.45) is 6.94. The van der Waals surface area contributed by atoms with Gasteiger partial charge in [-0.15, -0.1) is 11.3 Å². The zero-order chi connectivity index (χ0) is 13.3. The summed E-state index contributed by atoms with van der Waals surface area (Å²) < 4.78 is 0. The molecule has 1 saturated heterocycles. The van der Waals surface area contributed by atoms with Crippen molar-refractivity contribution in [1.29, 1.82) is 0 Å². The molecule has 0 aromatic carbocycles. The zero-order valence-corrected chi connectivity index (χ0v) is 13.0. The quantitative estimate of drug-likeness (QED) is 0.902. The number of piperazine rings is 1. The van der Waals surface area contributed by atoms with Gasteiger partial charge < -0.3 is 5.32 Å². The first-order valence-corrected chi connectivity index (χ1v) is 8.40. The topological polar surface area (TPSA) is 28.2 Å². The van der Waals surface area contributed by atoms with E-state index in [4.69, 9.17) is 4.98 Å². The summed E-state index contributed by atoms with van der Waals surface area (Å²) in [6, 6.07) is 0. The van der Waals surface area contributed by atoms with Crippen LogP contribution in [0.25, 0.3) is 0 Å². The van der Waals surface area contributed by atoms with Crippen molar-refractivity contribution in [1.82, 2.24) is 15.2 Å². The van der Waals surface area contributed by atoms with Crippen LogP contribution in [0, 0.1) is 13.8 Å². The van der Waals surface area contributed by atoms with Crippen molar-refractivity contribution < 1.29 is 0 Å². The number of aryl methyl sites for hydroxylation is 2. The molecule has 1 spiro atoms. The SMILES string of the molecule is Cc1nc(CN2CCNCC23CCCCC3)sc1C. The number of nitrogens with zero attached hydrogens (tertiary/aromatic N) is 2. The summed E-state index contributed by atoms with van der Waals surface area (Å²) in [7, 11) is 0. The van der Waals surface area contributed by atoms with Gasteiger partial charge in [0.15, 0.2) is 0 Å². The Balaban J connectivity index is 1.76. The molecule has 0 radical (unpaired) electrons. The van der Waals surface area contributed by atoms with Crippen molar-refractivity contribution in [2.45, 2.75) is 58.0 Å². The maximum atomic E-state index is 4.74. The van der Waals surface area contributed by atoms with Crippen LogP contribution in [-0.2, 0) is 6.54 Å². The van der Waals surface area contributed by atoms with E-state index in [0.29, 0.717) is 5.54 Å². The van der Waals surface area contributed by atoms with Gasteiger partial charge in [-0.05, 0) is 26.7 Å². The van der Waals surface area contributed by atoms with Gasteiger partial charge in [0.1, 0.15) is 5.01 Å². The van der Waals surface area contributed by atoms with Crippen LogP contribution >= 0.6 is 11.3 Å². The second-order valence-electron chi connectivity index (χ2n) is 6.13. The lowest BCUT2D eigenvalue weighted by atomic mass is 9.79. The summed E-state index contributed by atoms with van der Waals surface area (Å²) in [6.45, 7) is 8.86. The molecule has 3 rings (SSSR count). The second kappa shape index (κ2) is 5.51. The highest BCUT2D eigenvalue weighted by Crippen LogP contribution is 2.36. The number of hydrogen-bond acceptors (Lipinski definition) is 4. The van der Waals surface area contributed by atoms with Crippen LogP contribution in [0.1, 0.15) is 47.7 Å². The monoisotopic (exact) mass is 279 g/mol. The van der Waals surface area contributed by atoms with Gasteiger partial charge in [0.05, 0.1) is 12.2 Å². The van der Waals surface area contributed by atoms with Crippen molar-refractivity contribution in [3.63, 3.8) is 0 Å². The summed E-state index contributed by atoms with van der Waals surface area (Å²) in [5.41, 5.74) is 1.64. The van der Waals surface area contributed by atoms with E-state index in [1.807, 2.05) is 11.3 Å². The fraction of sp³-hybridized carbons (Fsp3) is 0.800. The maximum Gasteiger partial charge on any atom is 0.107 e. The highest BCUT2D eigenvalue weighted by atomic mass is 32.1. The normalized spacial score (nSPS) is 23.9. The van der Waals surface area contributed by atoms with Crippen molar-refractivity contribution >= 4 is 11.3 Å². The van der Waals surface area contributed by atoms with Crippen LogP contribution in [0.15, 0.2) is 0 Å². The summed E-state index contributed by atoms with van der Waals surface area (Å²) >= 11 is 1.88. The lowest BCUT2D eigenvalue weighted by molar-refractivity contribution is 0.0208. The number of hydrogen-bond donors (Lipinski definition) is 1. The Morgan fingerprint density at radius 1 is 1.26 bits per heavy atom. The van der Waals surface area contributed by atoms with E-state index in [-0.39, 0.29) is 0 Å². The van der Waals surface area contributed by atoms with Gasteiger partial charge in [-0.25, -0.2) is 4.98 Å². The summed E-state index contributed by atoms with van der Waals surface area (Å²) in [5, 5.41) is 4.93. The molecule has 0 unspecified atom stereocenters. The lowest BCUT2D eigenvalue weighted by Crippen LogP contribution is -2.61. The second-order valence-corrected chi connectivity index (χ2v) is 7.42. The van der Waals surface area contributed by atoms with E-state index in [9.17, 15) is 0 Å². The van der Waals surface area contributed by atoms with Crippen LogP contribution in [-0.4, -0.2) is 35.1 Å². The summed E-state index contributed by atoms with van der Waals surface area (Å²) in [4.78, 5) is 8.84. The molecule has 2 aliphatic rings. The highest BCUT2D eigenvalue weighted by Gasteiger charge is 2.39. The lowest BCUT2D eigenvalue weighted by Gasteiger charge is -2.49. The molecule has 4 heteroatoms. The van der Waals surface area contributed by atoms with Gasteiger partial charge in [0.2, 0.25) is 0 Å². The number of aromatic nitrogens is 1. The van der Waals surface area contributed by atoms with Crippen LogP contribution in [0.2, 0.25) is 0 Å². The minimum atomic E-state index is 0.421. The minimum Gasteiger partial charge on any atom is -0.314 e. The van der Waals surface area contributed by atoms with Crippen molar-refractivity contribution in [2.75, 3.05) is 19.6 Å². The molecule has 1 aromatic heterocycles. The van der Waals surface area contributed by atoms with Crippen molar-refractivity contribution in [3.8, 4) is 0 Å². The van der Waals surface area contributed by atoms with Gasteiger partial charge >= 0.3 is 0 Å². The van der Waals surface area contributed by atoms with E-state index < -0.39 is 0 Å². The minimum absolute atomic E-state index is 0.421. The smallest absolute Gasteiger partial charge is 0.107 e. The van der Waals surface area contributed by atoms with Crippen molar-refractivity contribution in [3.05, 3.63) is 15.6 Å². The molecule has 0 amide bonds. The first kappa shape index (κ1) is 13.5. The molecule has 0 atom stereocenters. The standard InChI is InChI=1S/C15H25N3S/c1-12-13(2)19-14(17-12)10-18-9-8-16-11-15(18)6-4-3-5-7-15/h16H,3-11H2,1-2H3. The zero-order valence-electron chi connectivity index (χ0n) is 12.2. The molecule has 19 heavy (non-hydrogen) atoms. The average molecular weight is 279 g/mol. The van der Waals surface area contributed by atoms with E-state index in [1.54, 1.807) is 0 Å². The van der Waals surface area contributed by atoms with Crippen LogP contribution in [0.5, 0.6) is 0 Å². The Morgan fingerprint density at radius 2 is 2.05 bits per heavy atom. The van der Waals surface area contributed by atoms with E-state index >= 15 is 0 Å². The molecule has 2 fully saturated rings. The fourth-order valence-corrected chi connectivity index (χ4v) is 4.55. The van der Waals surface area contributed by atoms with Crippen LogP contribution in [0.4, 0.5) is 0 Å². The number of thiazole rings is 1. The van der Waals surface area contributed by atoms with Crippen LogP contribution in [0.3, 0.4) is 0 Å². The van der Waals surface area contributed by atoms with E-state index in [2.05, 4.69) is 24.1 Å². The van der Waals surface area contributed by atoms with Gasteiger partial charge in [-0.3, -0.25) is 4.90 Å². The van der Waals surface area contributed by atoms with Gasteiger partial charge in [0.25, 0.3) is 0 Å². The Kier molecular flexibility index (Phi) is 3.92. The summed E-state index contributed by atoms with van der Waals surface area (Å²) in [5.74, 6) is 0. The molecule has 1 aliphatic heterocycles. The predicted molar refractivity (Wildman–Crippen MR) is 80.7 cm³/mol. The molecule has 1 saturated carbocycles. The fourth-order valence-electron chi connectivity index (χ4n) is 3.60. The molecule has 1 aromatic rings. The number of nitrogens with one attached hydrogen (secondary N) is 1. The molecular formula is C15H25N3S. The largest absolute Gasteiger partial charge is 0.314 e. The molecule has 106 valence electrons. The third-order valence-electron chi connectivity index (χ3n) is 4.87. The van der Waals surface area contributed by atoms with E-state index in [0.717, 1.165) is 13.1 Å². The van der Waals surface area contributed by atoms with Gasteiger partial charge in [-0.2, -0.15) is 0 Å². The van der Waals surface area contributed by atoms with Gasteiger partial charge in [0, 0.05) is 30.1 Å². The first-order valence-electron chi connectivity index (χ1n) is 7.58. The Morgan fingerprint density at radius 3 is 2.74 bits per heavy atom. The number of rotatable bonds is 2. The maximum absolute atomic E-state index is 4.74. The predicted octanol–water partition coefficient (Wildman–Crippen LogP) is 2.87. The molecule has 0 bridgehead atoms. The molecular weight excluding hydrogens is 254 g/mol. The van der Waals surface area contributed by atoms with Crippen molar-refractivity contribution in [2.24, 2.45) is 0 Å². The molecule has 1 N–H and O–H groups in total. The highest BCUT2D eigenvalue weighted by molar-refractivity contribution is 7.11. The van der Waals surface area contributed by atoms with E-state index in [1.165, 1.54) is 60.8 Å². The third-order valence-corrected chi connectivity index (χ3v) is 5.92. The van der Waals surface area contributed by atoms with Crippen LogP contribution < -0.4 is 5.32 Å². The Hall–Kier alpha value is -0.450. The average Bonchev–Trinajstić information content (AvgIpc) is 2.73.